The molecular formula is C20H16O. The summed E-state index contributed by atoms with van der Waals surface area (Å²) in [5.74, 6) is 1.04. The second kappa shape index (κ2) is 3.88. The van der Waals surface area contributed by atoms with Crippen molar-refractivity contribution in [3.63, 3.8) is 0 Å². The van der Waals surface area contributed by atoms with Crippen LogP contribution in [0.2, 0.25) is 0 Å². The van der Waals surface area contributed by atoms with Gasteiger partial charge in [-0.25, -0.2) is 0 Å². The molecule has 2 atom stereocenters. The molecule has 0 saturated heterocycles. The van der Waals surface area contributed by atoms with Gasteiger partial charge in [-0.1, -0.05) is 61.1 Å². The summed E-state index contributed by atoms with van der Waals surface area (Å²) in [7, 11) is 0. The smallest absolute Gasteiger partial charge is 0.139 e. The molecule has 2 unspecified atom stereocenters. The van der Waals surface area contributed by atoms with Gasteiger partial charge in [0.05, 0.1) is 0 Å². The van der Waals surface area contributed by atoms with Crippen LogP contribution in [0.4, 0.5) is 0 Å². The van der Waals surface area contributed by atoms with Gasteiger partial charge in [0.2, 0.25) is 0 Å². The van der Waals surface area contributed by atoms with Gasteiger partial charge in [-0.05, 0) is 24.0 Å². The second-order valence-electron chi connectivity index (χ2n) is 6.25. The van der Waals surface area contributed by atoms with E-state index in [2.05, 4.69) is 55.5 Å². The lowest BCUT2D eigenvalue weighted by Crippen LogP contribution is -2.09. The maximum Gasteiger partial charge on any atom is 0.139 e. The van der Waals surface area contributed by atoms with Gasteiger partial charge in [0.15, 0.2) is 0 Å². The van der Waals surface area contributed by atoms with Crippen LogP contribution in [0.1, 0.15) is 24.0 Å². The van der Waals surface area contributed by atoms with E-state index in [0.29, 0.717) is 11.8 Å². The molecular weight excluding hydrogens is 256 g/mol. The Bertz CT molecular complexity index is 939. The van der Waals surface area contributed by atoms with Crippen LogP contribution < -0.4 is 0 Å². The van der Waals surface area contributed by atoms with Crippen molar-refractivity contribution in [2.24, 2.45) is 5.92 Å². The maximum atomic E-state index is 6.24. The van der Waals surface area contributed by atoms with Gasteiger partial charge >= 0.3 is 0 Å². The molecule has 0 bridgehead atoms. The molecule has 3 aromatic rings. The first-order chi connectivity index (χ1) is 10.3. The fraction of sp³-hybridized carbons (Fsp3) is 0.200. The Balaban J connectivity index is 1.89. The SMILES string of the molecule is CC1C=CC=C2Cc3ccc4c(oc5ccccc54)c3C21. The number of benzene rings is 2. The number of allylic oxidation sites excluding steroid dienone is 4. The summed E-state index contributed by atoms with van der Waals surface area (Å²) in [5.41, 5.74) is 6.50. The average Bonchev–Trinajstić information content (AvgIpc) is 3.05. The van der Waals surface area contributed by atoms with Crippen LogP contribution in [0, 0.1) is 5.92 Å². The van der Waals surface area contributed by atoms with Crippen molar-refractivity contribution >= 4 is 21.9 Å². The molecule has 2 aliphatic rings. The van der Waals surface area contributed by atoms with Gasteiger partial charge in [0.25, 0.3) is 0 Å². The molecule has 0 aliphatic heterocycles. The Labute approximate surface area is 123 Å². The molecule has 5 rings (SSSR count). The van der Waals surface area contributed by atoms with Crippen LogP contribution in [0.15, 0.2) is 64.6 Å². The minimum absolute atomic E-state index is 0.495. The van der Waals surface area contributed by atoms with Gasteiger partial charge in [0.1, 0.15) is 11.2 Å². The summed E-state index contributed by atoms with van der Waals surface area (Å²) in [6, 6.07) is 12.9. The minimum atomic E-state index is 0.495. The minimum Gasteiger partial charge on any atom is -0.456 e. The normalized spacial score (nSPS) is 23.4. The Morgan fingerprint density at radius 1 is 1.05 bits per heavy atom. The lowest BCUT2D eigenvalue weighted by atomic mass is 9.82. The average molecular weight is 272 g/mol. The maximum absolute atomic E-state index is 6.24. The summed E-state index contributed by atoms with van der Waals surface area (Å²) in [6.07, 6.45) is 7.88. The highest BCUT2D eigenvalue weighted by molar-refractivity contribution is 6.06. The van der Waals surface area contributed by atoms with E-state index in [-0.39, 0.29) is 0 Å². The van der Waals surface area contributed by atoms with Crippen LogP contribution in [0.25, 0.3) is 21.9 Å². The van der Waals surface area contributed by atoms with Crippen LogP contribution in [0.5, 0.6) is 0 Å². The zero-order valence-electron chi connectivity index (χ0n) is 12.0. The summed E-state index contributed by atoms with van der Waals surface area (Å²) in [4.78, 5) is 0. The van der Waals surface area contributed by atoms with Crippen molar-refractivity contribution in [3.05, 3.63) is 71.3 Å². The van der Waals surface area contributed by atoms with Crippen LogP contribution >= 0.6 is 0 Å². The highest BCUT2D eigenvalue weighted by Gasteiger charge is 2.34. The van der Waals surface area contributed by atoms with Crippen molar-refractivity contribution < 1.29 is 4.42 Å². The predicted molar refractivity (Wildman–Crippen MR) is 86.6 cm³/mol. The molecule has 102 valence electrons. The van der Waals surface area contributed by atoms with Crippen LogP contribution in [-0.2, 0) is 6.42 Å². The van der Waals surface area contributed by atoms with Gasteiger partial charge in [-0.3, -0.25) is 0 Å². The van der Waals surface area contributed by atoms with Gasteiger partial charge < -0.3 is 4.42 Å². The lowest BCUT2D eigenvalue weighted by molar-refractivity contribution is 0.602. The molecule has 0 N–H and O–H groups in total. The van der Waals surface area contributed by atoms with Gasteiger partial charge in [-0.15, -0.1) is 0 Å². The van der Waals surface area contributed by atoms with Crippen LogP contribution in [0.3, 0.4) is 0 Å². The van der Waals surface area contributed by atoms with E-state index in [1.807, 2.05) is 6.07 Å². The fourth-order valence-electron chi connectivity index (χ4n) is 4.09. The number of rotatable bonds is 0. The molecule has 0 radical (unpaired) electrons. The largest absolute Gasteiger partial charge is 0.456 e. The topological polar surface area (TPSA) is 13.1 Å². The molecule has 1 aromatic heterocycles. The monoisotopic (exact) mass is 272 g/mol. The summed E-state index contributed by atoms with van der Waals surface area (Å²) in [5, 5.41) is 2.49. The Morgan fingerprint density at radius 3 is 2.90 bits per heavy atom. The quantitative estimate of drug-likeness (QED) is 0.537. The summed E-state index contributed by atoms with van der Waals surface area (Å²) >= 11 is 0. The summed E-state index contributed by atoms with van der Waals surface area (Å²) < 4.78 is 6.24. The third-order valence-electron chi connectivity index (χ3n) is 5.03. The molecule has 0 saturated carbocycles. The van der Waals surface area contributed by atoms with E-state index in [1.54, 1.807) is 0 Å². The highest BCUT2D eigenvalue weighted by atomic mass is 16.3. The molecule has 0 amide bonds. The number of para-hydroxylation sites is 1. The number of furan rings is 1. The van der Waals surface area contributed by atoms with Crippen molar-refractivity contribution in [1.82, 2.24) is 0 Å². The number of fused-ring (bicyclic) bond motifs is 7. The molecule has 21 heavy (non-hydrogen) atoms. The first-order valence-corrected chi connectivity index (χ1v) is 7.63. The predicted octanol–water partition coefficient (Wildman–Crippen LogP) is 5.36. The standard InChI is InChI=1S/C20H16O/c1-12-5-4-6-13-11-14-9-10-16-15-7-2-3-8-17(15)21-20(16)19(14)18(12)13/h2-10,12,18H,11H2,1H3. The summed E-state index contributed by atoms with van der Waals surface area (Å²) in [6.45, 7) is 2.31. The molecule has 2 aliphatic carbocycles. The first kappa shape index (κ1) is 11.4. The second-order valence-corrected chi connectivity index (χ2v) is 6.25. The molecule has 1 nitrogen and oxygen atoms in total. The van der Waals surface area contributed by atoms with E-state index in [4.69, 9.17) is 4.42 Å². The number of hydrogen-bond donors (Lipinski definition) is 0. The van der Waals surface area contributed by atoms with Crippen molar-refractivity contribution in [2.45, 2.75) is 19.3 Å². The van der Waals surface area contributed by atoms with E-state index in [9.17, 15) is 0 Å². The van der Waals surface area contributed by atoms with Gasteiger partial charge in [0, 0.05) is 22.3 Å². The van der Waals surface area contributed by atoms with Crippen molar-refractivity contribution in [1.29, 1.82) is 0 Å². The van der Waals surface area contributed by atoms with E-state index in [0.717, 1.165) is 17.6 Å². The first-order valence-electron chi connectivity index (χ1n) is 7.63. The van der Waals surface area contributed by atoms with Crippen LogP contribution in [-0.4, -0.2) is 0 Å². The molecule has 2 aromatic carbocycles. The fourth-order valence-corrected chi connectivity index (χ4v) is 4.09. The number of hydrogen-bond acceptors (Lipinski definition) is 1. The zero-order chi connectivity index (χ0) is 14.0. The van der Waals surface area contributed by atoms with E-state index < -0.39 is 0 Å². The third-order valence-corrected chi connectivity index (χ3v) is 5.03. The van der Waals surface area contributed by atoms with Crippen molar-refractivity contribution in [3.8, 4) is 0 Å². The third kappa shape index (κ3) is 1.41. The molecule has 0 fully saturated rings. The Hall–Kier alpha value is -2.28. The van der Waals surface area contributed by atoms with Gasteiger partial charge in [-0.2, -0.15) is 0 Å². The van der Waals surface area contributed by atoms with E-state index >= 15 is 0 Å². The van der Waals surface area contributed by atoms with E-state index in [1.165, 1.54) is 27.5 Å². The zero-order valence-corrected chi connectivity index (χ0v) is 12.0. The lowest BCUT2D eigenvalue weighted by Gasteiger charge is -2.21. The molecule has 1 heterocycles. The van der Waals surface area contributed by atoms with Crippen molar-refractivity contribution in [2.75, 3.05) is 0 Å². The highest BCUT2D eigenvalue weighted by Crippen LogP contribution is 2.48. The molecule has 0 spiro atoms. The Morgan fingerprint density at radius 2 is 1.95 bits per heavy atom. The molecule has 1 heteroatoms. The Kier molecular flexibility index (Phi) is 2.11.